The molecule has 1 aliphatic rings. The zero-order valence-electron chi connectivity index (χ0n) is 6.32. The van der Waals surface area contributed by atoms with Gasteiger partial charge in [-0.15, -0.1) is 0 Å². The summed E-state index contributed by atoms with van der Waals surface area (Å²) < 4.78 is 6.98. The van der Waals surface area contributed by atoms with E-state index in [1.165, 1.54) is 0 Å². The minimum Gasteiger partial charge on any atom is -0.475 e. The van der Waals surface area contributed by atoms with Crippen molar-refractivity contribution in [1.82, 2.24) is 9.78 Å². The Kier molecular flexibility index (Phi) is 1.38. The van der Waals surface area contributed by atoms with Gasteiger partial charge < -0.3 is 4.74 Å². The van der Waals surface area contributed by atoms with Crippen molar-refractivity contribution < 1.29 is 4.74 Å². The fourth-order valence-corrected chi connectivity index (χ4v) is 1.04. The Labute approximate surface area is 64.5 Å². The highest BCUT2D eigenvalue weighted by molar-refractivity contribution is 5.94. The van der Waals surface area contributed by atoms with Gasteiger partial charge in [0.25, 0.3) is 0 Å². The van der Waals surface area contributed by atoms with Crippen LogP contribution in [-0.4, -0.2) is 28.8 Å². The second-order valence-corrected chi connectivity index (χ2v) is 2.44. The summed E-state index contributed by atoms with van der Waals surface area (Å²) in [5, 5.41) is 4.02. The normalized spacial score (nSPS) is 16.3. The zero-order chi connectivity index (χ0) is 7.68. The lowest BCUT2D eigenvalue weighted by Crippen LogP contribution is -1.98. The molecule has 58 valence electrons. The van der Waals surface area contributed by atoms with Gasteiger partial charge >= 0.3 is 0 Å². The molecule has 0 saturated heterocycles. The van der Waals surface area contributed by atoms with Gasteiger partial charge in [-0.1, -0.05) is 0 Å². The summed E-state index contributed by atoms with van der Waals surface area (Å²) in [7, 11) is 1.87. The van der Waals surface area contributed by atoms with Gasteiger partial charge in [0.05, 0.1) is 18.3 Å². The molecule has 4 heteroatoms. The molecule has 0 atom stereocenters. The van der Waals surface area contributed by atoms with E-state index >= 15 is 0 Å². The lowest BCUT2D eigenvalue weighted by Gasteiger charge is -1.94. The first-order valence-corrected chi connectivity index (χ1v) is 3.52. The molecule has 1 aliphatic heterocycles. The summed E-state index contributed by atoms with van der Waals surface area (Å²) in [6.45, 7) is 1.47. The standard InChI is InChI=1S/C7H9N3O/c1-10-5-6(4-9-10)7-8-2-3-11-7/h4-5H,2-3H2,1H3. The molecule has 1 aromatic rings. The minimum absolute atomic E-state index is 0.699. The molecule has 0 aromatic carbocycles. The lowest BCUT2D eigenvalue weighted by atomic mass is 10.4. The first kappa shape index (κ1) is 6.39. The van der Waals surface area contributed by atoms with Crippen molar-refractivity contribution in [2.75, 3.05) is 13.2 Å². The van der Waals surface area contributed by atoms with E-state index in [1.807, 2.05) is 13.2 Å². The average molecular weight is 151 g/mol. The lowest BCUT2D eigenvalue weighted by molar-refractivity contribution is 0.348. The van der Waals surface area contributed by atoms with Crippen LogP contribution in [0.25, 0.3) is 0 Å². The maximum Gasteiger partial charge on any atom is 0.219 e. The van der Waals surface area contributed by atoms with Crippen molar-refractivity contribution in [3.8, 4) is 0 Å². The number of aryl methyl sites for hydroxylation is 1. The Morgan fingerprint density at radius 2 is 2.55 bits per heavy atom. The number of hydrogen-bond acceptors (Lipinski definition) is 3. The first-order valence-electron chi connectivity index (χ1n) is 3.52. The Morgan fingerprint density at radius 1 is 1.64 bits per heavy atom. The molecular weight excluding hydrogens is 142 g/mol. The largest absolute Gasteiger partial charge is 0.475 e. The van der Waals surface area contributed by atoms with Crippen LogP contribution in [-0.2, 0) is 11.8 Å². The highest BCUT2D eigenvalue weighted by Crippen LogP contribution is 2.05. The summed E-state index contributed by atoms with van der Waals surface area (Å²) in [6, 6.07) is 0. The molecule has 11 heavy (non-hydrogen) atoms. The fraction of sp³-hybridized carbons (Fsp3) is 0.429. The zero-order valence-corrected chi connectivity index (χ0v) is 6.32. The van der Waals surface area contributed by atoms with Gasteiger partial charge in [-0.05, 0) is 0 Å². The number of hydrogen-bond donors (Lipinski definition) is 0. The van der Waals surface area contributed by atoms with Crippen LogP contribution in [0.15, 0.2) is 17.4 Å². The highest BCUT2D eigenvalue weighted by atomic mass is 16.5. The SMILES string of the molecule is Cn1cc(C2=NCCO2)cn1. The van der Waals surface area contributed by atoms with E-state index in [0.29, 0.717) is 6.61 Å². The highest BCUT2D eigenvalue weighted by Gasteiger charge is 2.10. The Balaban J connectivity index is 2.28. The molecule has 0 fully saturated rings. The quantitative estimate of drug-likeness (QED) is 0.575. The van der Waals surface area contributed by atoms with E-state index in [2.05, 4.69) is 10.1 Å². The van der Waals surface area contributed by atoms with Crippen LogP contribution in [0.5, 0.6) is 0 Å². The van der Waals surface area contributed by atoms with Crippen LogP contribution in [0, 0.1) is 0 Å². The van der Waals surface area contributed by atoms with Crippen molar-refractivity contribution in [2.45, 2.75) is 0 Å². The number of rotatable bonds is 1. The molecule has 1 aromatic heterocycles. The summed E-state index contributed by atoms with van der Waals surface area (Å²) in [5.74, 6) is 0.720. The molecule has 0 spiro atoms. The second kappa shape index (κ2) is 2.38. The average Bonchev–Trinajstić information content (AvgIpc) is 2.55. The van der Waals surface area contributed by atoms with E-state index in [1.54, 1.807) is 10.9 Å². The third kappa shape index (κ3) is 1.11. The minimum atomic E-state index is 0.699. The maximum atomic E-state index is 5.25. The van der Waals surface area contributed by atoms with Gasteiger partial charge in [-0.25, -0.2) is 4.99 Å². The van der Waals surface area contributed by atoms with E-state index in [0.717, 1.165) is 18.0 Å². The third-order valence-corrected chi connectivity index (χ3v) is 1.54. The first-order chi connectivity index (χ1) is 5.36. The van der Waals surface area contributed by atoms with Crippen LogP contribution in [0.2, 0.25) is 0 Å². The van der Waals surface area contributed by atoms with Gasteiger partial charge in [-0.3, -0.25) is 4.68 Å². The van der Waals surface area contributed by atoms with E-state index in [4.69, 9.17) is 4.74 Å². The van der Waals surface area contributed by atoms with Gasteiger partial charge in [0, 0.05) is 13.2 Å². The molecule has 0 bridgehead atoms. The number of nitrogens with zero attached hydrogens (tertiary/aromatic N) is 3. The molecule has 0 N–H and O–H groups in total. The smallest absolute Gasteiger partial charge is 0.219 e. The van der Waals surface area contributed by atoms with Gasteiger partial charge in [0.2, 0.25) is 5.90 Å². The van der Waals surface area contributed by atoms with Crippen LogP contribution in [0.1, 0.15) is 5.56 Å². The predicted molar refractivity (Wildman–Crippen MR) is 40.6 cm³/mol. The van der Waals surface area contributed by atoms with Crippen LogP contribution >= 0.6 is 0 Å². The number of aliphatic imine (C=N–C) groups is 1. The van der Waals surface area contributed by atoms with Crippen LogP contribution in [0.4, 0.5) is 0 Å². The molecular formula is C7H9N3O. The van der Waals surface area contributed by atoms with Crippen molar-refractivity contribution in [2.24, 2.45) is 12.0 Å². The Hall–Kier alpha value is -1.32. The Bertz CT molecular complexity index is 290. The van der Waals surface area contributed by atoms with Crippen molar-refractivity contribution in [1.29, 1.82) is 0 Å². The molecule has 2 rings (SSSR count). The topological polar surface area (TPSA) is 39.4 Å². The molecule has 0 amide bonds. The monoisotopic (exact) mass is 151 g/mol. The summed E-state index contributed by atoms with van der Waals surface area (Å²) >= 11 is 0. The predicted octanol–water partition coefficient (Wildman–Crippen LogP) is 0.197. The summed E-state index contributed by atoms with van der Waals surface area (Å²) in [4.78, 5) is 4.16. The summed E-state index contributed by atoms with van der Waals surface area (Å²) in [6.07, 6.45) is 3.65. The van der Waals surface area contributed by atoms with Gasteiger partial charge in [-0.2, -0.15) is 5.10 Å². The van der Waals surface area contributed by atoms with E-state index in [-0.39, 0.29) is 0 Å². The molecule has 0 unspecified atom stereocenters. The van der Waals surface area contributed by atoms with Crippen molar-refractivity contribution in [3.63, 3.8) is 0 Å². The molecule has 0 saturated carbocycles. The van der Waals surface area contributed by atoms with E-state index in [9.17, 15) is 0 Å². The Morgan fingerprint density at radius 3 is 3.09 bits per heavy atom. The van der Waals surface area contributed by atoms with Crippen molar-refractivity contribution >= 4 is 5.90 Å². The number of aromatic nitrogens is 2. The molecule has 0 aliphatic carbocycles. The summed E-state index contributed by atoms with van der Waals surface area (Å²) in [5.41, 5.74) is 0.963. The van der Waals surface area contributed by atoms with E-state index < -0.39 is 0 Å². The fourth-order valence-electron chi connectivity index (χ4n) is 1.04. The van der Waals surface area contributed by atoms with Crippen molar-refractivity contribution in [3.05, 3.63) is 18.0 Å². The second-order valence-electron chi connectivity index (χ2n) is 2.44. The molecule has 4 nitrogen and oxygen atoms in total. The maximum absolute atomic E-state index is 5.25. The van der Waals surface area contributed by atoms with Gasteiger partial charge in [0.1, 0.15) is 6.61 Å². The molecule has 2 heterocycles. The van der Waals surface area contributed by atoms with Gasteiger partial charge in [0.15, 0.2) is 0 Å². The van der Waals surface area contributed by atoms with Crippen LogP contribution < -0.4 is 0 Å². The molecule has 0 radical (unpaired) electrons. The van der Waals surface area contributed by atoms with Crippen LogP contribution in [0.3, 0.4) is 0 Å². The number of ether oxygens (including phenoxy) is 1. The third-order valence-electron chi connectivity index (χ3n) is 1.54.